The Labute approximate surface area is 154 Å². The summed E-state index contributed by atoms with van der Waals surface area (Å²) >= 11 is 6.04. The largest absolute Gasteiger partial charge is 0.357 e. The van der Waals surface area contributed by atoms with Crippen LogP contribution >= 0.6 is 11.6 Å². The molecule has 5 nitrogen and oxygen atoms in total. The van der Waals surface area contributed by atoms with Gasteiger partial charge in [0.25, 0.3) is 0 Å². The third-order valence-electron chi connectivity index (χ3n) is 3.84. The number of halogens is 2. The first-order valence-electron chi connectivity index (χ1n) is 8.64. The number of hydrogen-bond donors (Lipinski definition) is 1. The smallest absolute Gasteiger partial charge is 0.242 e. The molecule has 0 aliphatic heterocycles. The van der Waals surface area contributed by atoms with Crippen molar-refractivity contribution in [3.05, 3.63) is 34.6 Å². The fourth-order valence-corrected chi connectivity index (χ4v) is 2.69. The van der Waals surface area contributed by atoms with E-state index in [0.717, 1.165) is 5.56 Å². The number of aliphatic imine (C=N–C) groups is 1. The predicted octanol–water partition coefficient (Wildman–Crippen LogP) is 2.79. The second kappa shape index (κ2) is 10.9. The van der Waals surface area contributed by atoms with Gasteiger partial charge in [0, 0.05) is 38.2 Å². The topological polar surface area (TPSA) is 47.9 Å². The summed E-state index contributed by atoms with van der Waals surface area (Å²) in [6.07, 6.45) is 0.603. The number of guanidine groups is 1. The number of amides is 1. The van der Waals surface area contributed by atoms with Crippen LogP contribution in [0.2, 0.25) is 5.02 Å². The van der Waals surface area contributed by atoms with Crippen LogP contribution in [0.5, 0.6) is 0 Å². The highest BCUT2D eigenvalue weighted by Crippen LogP contribution is 2.17. The molecule has 1 N–H and O–H groups in total. The summed E-state index contributed by atoms with van der Waals surface area (Å²) in [5, 5.41) is 3.59. The van der Waals surface area contributed by atoms with Gasteiger partial charge in [-0.25, -0.2) is 4.39 Å². The zero-order valence-corrected chi connectivity index (χ0v) is 16.2. The fourth-order valence-electron chi connectivity index (χ4n) is 2.43. The zero-order valence-electron chi connectivity index (χ0n) is 15.5. The van der Waals surface area contributed by atoms with Gasteiger partial charge in [0.15, 0.2) is 5.96 Å². The lowest BCUT2D eigenvalue weighted by molar-refractivity contribution is -0.131. The summed E-state index contributed by atoms with van der Waals surface area (Å²) in [6.45, 7) is 8.77. The van der Waals surface area contributed by atoms with Crippen molar-refractivity contribution in [2.45, 2.75) is 27.2 Å². The van der Waals surface area contributed by atoms with Gasteiger partial charge in [-0.2, -0.15) is 0 Å². The van der Waals surface area contributed by atoms with E-state index in [0.29, 0.717) is 43.6 Å². The van der Waals surface area contributed by atoms with E-state index in [1.807, 2.05) is 32.7 Å². The molecule has 0 bridgehead atoms. The number of likely N-dealkylation sites (N-methyl/N-ethyl adjacent to an activating group) is 2. The third kappa shape index (κ3) is 6.90. The molecule has 7 heteroatoms. The molecule has 25 heavy (non-hydrogen) atoms. The molecule has 1 aromatic rings. The molecule has 0 aromatic heterocycles. The molecule has 0 saturated heterocycles. The lowest BCUT2D eigenvalue weighted by atomic mass is 10.1. The molecule has 0 saturated carbocycles. The molecule has 0 spiro atoms. The molecule has 1 aromatic carbocycles. The van der Waals surface area contributed by atoms with Crippen LogP contribution in [-0.2, 0) is 11.2 Å². The van der Waals surface area contributed by atoms with Gasteiger partial charge in [0.2, 0.25) is 5.91 Å². The van der Waals surface area contributed by atoms with Gasteiger partial charge < -0.3 is 15.1 Å². The molecule has 140 valence electrons. The van der Waals surface area contributed by atoms with Crippen molar-refractivity contribution in [3.8, 4) is 0 Å². The first-order valence-corrected chi connectivity index (χ1v) is 9.01. The average Bonchev–Trinajstić information content (AvgIpc) is 2.57. The highest BCUT2D eigenvalue weighted by molar-refractivity contribution is 6.31. The minimum Gasteiger partial charge on any atom is -0.357 e. The van der Waals surface area contributed by atoms with Gasteiger partial charge in [-0.3, -0.25) is 9.79 Å². The van der Waals surface area contributed by atoms with Crippen molar-refractivity contribution < 1.29 is 9.18 Å². The van der Waals surface area contributed by atoms with Crippen molar-refractivity contribution >= 4 is 23.5 Å². The monoisotopic (exact) mass is 370 g/mol. The normalized spacial score (nSPS) is 11.4. The molecule has 0 atom stereocenters. The molecule has 0 aliphatic rings. The SMILES string of the molecule is CCNC(=NCCc1ccc(F)cc1Cl)N(C)CC(=O)N(CC)CC. The van der Waals surface area contributed by atoms with Crippen LogP contribution in [0.4, 0.5) is 4.39 Å². The molecular formula is C18H28ClFN4O. The molecule has 1 amide bonds. The lowest BCUT2D eigenvalue weighted by Crippen LogP contribution is -2.45. The Morgan fingerprint density at radius 1 is 1.28 bits per heavy atom. The van der Waals surface area contributed by atoms with Gasteiger partial charge in [0.1, 0.15) is 5.82 Å². The van der Waals surface area contributed by atoms with E-state index in [9.17, 15) is 9.18 Å². The fraction of sp³-hybridized carbons (Fsp3) is 0.556. The standard InChI is InChI=1S/C18H28ClFN4O/c1-5-21-18(23(4)13-17(25)24(6-2)7-3)22-11-10-14-8-9-15(20)12-16(14)19/h8-9,12H,5-7,10-11,13H2,1-4H3,(H,21,22). The van der Waals surface area contributed by atoms with Crippen molar-refractivity contribution in [3.63, 3.8) is 0 Å². The maximum atomic E-state index is 13.1. The highest BCUT2D eigenvalue weighted by Gasteiger charge is 2.15. The third-order valence-corrected chi connectivity index (χ3v) is 4.19. The van der Waals surface area contributed by atoms with Crippen LogP contribution in [0.25, 0.3) is 0 Å². The Bertz CT molecular complexity index is 590. The number of nitrogens with zero attached hydrogens (tertiary/aromatic N) is 3. The van der Waals surface area contributed by atoms with Gasteiger partial charge in [-0.15, -0.1) is 0 Å². The number of rotatable bonds is 8. The molecule has 0 unspecified atom stereocenters. The highest BCUT2D eigenvalue weighted by atomic mass is 35.5. The quantitative estimate of drug-likeness (QED) is 0.565. The van der Waals surface area contributed by atoms with Crippen LogP contribution in [0.15, 0.2) is 23.2 Å². The molecule has 0 fully saturated rings. The Kier molecular flexibility index (Phi) is 9.27. The minimum absolute atomic E-state index is 0.0692. The van der Waals surface area contributed by atoms with Crippen molar-refractivity contribution in [2.24, 2.45) is 4.99 Å². The Morgan fingerprint density at radius 2 is 1.96 bits per heavy atom. The lowest BCUT2D eigenvalue weighted by Gasteiger charge is -2.25. The number of carbonyl (C=O) groups is 1. The number of nitrogens with one attached hydrogen (secondary N) is 1. The Balaban J connectivity index is 2.70. The minimum atomic E-state index is -0.347. The maximum Gasteiger partial charge on any atom is 0.242 e. The predicted molar refractivity (Wildman–Crippen MR) is 102 cm³/mol. The van der Waals surface area contributed by atoms with Crippen LogP contribution < -0.4 is 5.32 Å². The van der Waals surface area contributed by atoms with E-state index >= 15 is 0 Å². The van der Waals surface area contributed by atoms with Crippen molar-refractivity contribution in [1.29, 1.82) is 0 Å². The Morgan fingerprint density at radius 3 is 2.52 bits per heavy atom. The Hall–Kier alpha value is -1.82. The summed E-state index contributed by atoms with van der Waals surface area (Å²) in [5.41, 5.74) is 0.851. The van der Waals surface area contributed by atoms with Crippen LogP contribution in [0, 0.1) is 5.82 Å². The van der Waals surface area contributed by atoms with Gasteiger partial charge >= 0.3 is 0 Å². The average molecular weight is 371 g/mol. The van der Waals surface area contributed by atoms with Crippen LogP contribution in [-0.4, -0.2) is 61.4 Å². The summed E-state index contributed by atoms with van der Waals surface area (Å²) in [5.74, 6) is 0.390. The molecule has 0 aliphatic carbocycles. The van der Waals surface area contributed by atoms with E-state index in [4.69, 9.17) is 11.6 Å². The van der Waals surface area contributed by atoms with Crippen LogP contribution in [0.3, 0.4) is 0 Å². The van der Waals surface area contributed by atoms with Gasteiger partial charge in [-0.05, 0) is 44.9 Å². The second-order valence-corrected chi connectivity index (χ2v) is 6.05. The number of benzene rings is 1. The summed E-state index contributed by atoms with van der Waals surface area (Å²) in [6, 6.07) is 4.37. The van der Waals surface area contributed by atoms with Crippen LogP contribution in [0.1, 0.15) is 26.3 Å². The van der Waals surface area contributed by atoms with E-state index < -0.39 is 0 Å². The molecule has 1 rings (SSSR count). The first-order chi connectivity index (χ1) is 11.9. The molecule has 0 radical (unpaired) electrons. The van der Waals surface area contributed by atoms with E-state index in [1.54, 1.807) is 11.0 Å². The molecular weight excluding hydrogens is 343 g/mol. The van der Waals surface area contributed by atoms with Gasteiger partial charge in [0.05, 0.1) is 6.54 Å². The first kappa shape index (κ1) is 21.2. The van der Waals surface area contributed by atoms with E-state index in [2.05, 4.69) is 10.3 Å². The summed E-state index contributed by atoms with van der Waals surface area (Å²) < 4.78 is 13.1. The van der Waals surface area contributed by atoms with E-state index in [-0.39, 0.29) is 18.3 Å². The second-order valence-electron chi connectivity index (χ2n) is 5.64. The number of carbonyl (C=O) groups excluding carboxylic acids is 1. The molecule has 0 heterocycles. The maximum absolute atomic E-state index is 13.1. The van der Waals surface area contributed by atoms with Crippen molar-refractivity contribution in [1.82, 2.24) is 15.1 Å². The summed E-state index contributed by atoms with van der Waals surface area (Å²) in [7, 11) is 1.84. The van der Waals surface area contributed by atoms with Gasteiger partial charge in [-0.1, -0.05) is 17.7 Å². The van der Waals surface area contributed by atoms with Crippen molar-refractivity contribution in [2.75, 3.05) is 39.8 Å². The summed E-state index contributed by atoms with van der Waals surface area (Å²) in [4.78, 5) is 20.4. The van der Waals surface area contributed by atoms with E-state index in [1.165, 1.54) is 12.1 Å². The number of hydrogen-bond acceptors (Lipinski definition) is 2. The zero-order chi connectivity index (χ0) is 18.8.